The number of rotatable bonds is 6. The second-order valence-corrected chi connectivity index (χ2v) is 6.37. The van der Waals surface area contributed by atoms with Crippen molar-refractivity contribution in [3.8, 4) is 11.4 Å². The fourth-order valence-corrected chi connectivity index (χ4v) is 3.06. The van der Waals surface area contributed by atoms with Crippen molar-refractivity contribution in [1.29, 1.82) is 0 Å². The second-order valence-electron chi connectivity index (χ2n) is 6.37. The van der Waals surface area contributed by atoms with Gasteiger partial charge >= 0.3 is 0 Å². The molecule has 2 N–H and O–H groups in total. The summed E-state index contributed by atoms with van der Waals surface area (Å²) < 4.78 is 3.91. The predicted molar refractivity (Wildman–Crippen MR) is 102 cm³/mol. The van der Waals surface area contributed by atoms with Crippen LogP contribution in [0.2, 0.25) is 0 Å². The van der Waals surface area contributed by atoms with E-state index in [4.69, 9.17) is 0 Å². The molecule has 4 aromatic rings. The van der Waals surface area contributed by atoms with Crippen LogP contribution in [0.15, 0.2) is 73.4 Å². The first-order valence-corrected chi connectivity index (χ1v) is 8.69. The Bertz CT molecular complexity index is 1020. The zero-order chi connectivity index (χ0) is 18.6. The molecule has 3 heterocycles. The number of H-pyrrole nitrogens is 1. The Morgan fingerprint density at radius 3 is 2.74 bits per heavy atom. The van der Waals surface area contributed by atoms with Gasteiger partial charge in [-0.25, -0.2) is 4.98 Å². The van der Waals surface area contributed by atoms with E-state index >= 15 is 0 Å². The Morgan fingerprint density at radius 1 is 1.19 bits per heavy atom. The summed E-state index contributed by atoms with van der Waals surface area (Å²) in [5.41, 5.74) is 3.14. The van der Waals surface area contributed by atoms with Gasteiger partial charge in [0.25, 0.3) is 5.91 Å². The van der Waals surface area contributed by atoms with Crippen molar-refractivity contribution in [2.75, 3.05) is 0 Å². The molecule has 4 rings (SSSR count). The van der Waals surface area contributed by atoms with Gasteiger partial charge in [-0.1, -0.05) is 30.3 Å². The minimum atomic E-state index is -0.197. The first-order chi connectivity index (χ1) is 13.2. The lowest BCUT2D eigenvalue weighted by Crippen LogP contribution is -2.31. The van der Waals surface area contributed by atoms with Crippen LogP contribution in [0, 0.1) is 0 Å². The predicted octanol–water partition coefficient (Wildman–Crippen LogP) is 2.78. The van der Waals surface area contributed by atoms with Crippen LogP contribution in [-0.4, -0.2) is 30.2 Å². The van der Waals surface area contributed by atoms with Gasteiger partial charge in [-0.05, 0) is 23.8 Å². The molecule has 0 aliphatic heterocycles. The summed E-state index contributed by atoms with van der Waals surface area (Å²) in [5, 5.41) is 10.2. The van der Waals surface area contributed by atoms with Crippen molar-refractivity contribution in [3.05, 3.63) is 84.7 Å². The highest BCUT2D eigenvalue weighted by Crippen LogP contribution is 2.19. The van der Waals surface area contributed by atoms with E-state index in [1.165, 1.54) is 0 Å². The van der Waals surface area contributed by atoms with E-state index in [1.807, 2.05) is 71.0 Å². The smallest absolute Gasteiger partial charge is 0.269 e. The van der Waals surface area contributed by atoms with E-state index in [2.05, 4.69) is 20.5 Å². The number of benzene rings is 1. The number of carbonyl (C=O) groups is 1. The zero-order valence-electron chi connectivity index (χ0n) is 14.9. The molecule has 27 heavy (non-hydrogen) atoms. The quantitative estimate of drug-likeness (QED) is 0.555. The van der Waals surface area contributed by atoms with Gasteiger partial charge in [0.05, 0.1) is 18.1 Å². The van der Waals surface area contributed by atoms with E-state index < -0.39 is 0 Å². The van der Waals surface area contributed by atoms with Gasteiger partial charge in [-0.15, -0.1) is 0 Å². The third-order valence-electron chi connectivity index (χ3n) is 4.49. The van der Waals surface area contributed by atoms with E-state index in [9.17, 15) is 4.79 Å². The van der Waals surface area contributed by atoms with Crippen molar-refractivity contribution in [3.63, 3.8) is 0 Å². The van der Waals surface area contributed by atoms with Crippen molar-refractivity contribution >= 4 is 5.91 Å². The van der Waals surface area contributed by atoms with Crippen molar-refractivity contribution < 1.29 is 4.79 Å². The maximum atomic E-state index is 12.8. The Kier molecular flexibility index (Phi) is 4.57. The molecule has 0 saturated heterocycles. The number of nitrogens with one attached hydrogen (secondary N) is 2. The maximum absolute atomic E-state index is 12.8. The summed E-state index contributed by atoms with van der Waals surface area (Å²) in [6.07, 6.45) is 7.29. The molecule has 0 aliphatic carbocycles. The third-order valence-corrected chi connectivity index (χ3v) is 4.49. The molecule has 0 radical (unpaired) electrons. The lowest BCUT2D eigenvalue weighted by atomic mass is 10.1. The van der Waals surface area contributed by atoms with Gasteiger partial charge in [0.1, 0.15) is 11.4 Å². The molecule has 0 saturated carbocycles. The van der Waals surface area contributed by atoms with Crippen LogP contribution in [0.5, 0.6) is 0 Å². The first-order valence-electron chi connectivity index (χ1n) is 8.69. The Hall–Kier alpha value is -3.61. The van der Waals surface area contributed by atoms with Crippen LogP contribution in [0.25, 0.3) is 11.4 Å². The van der Waals surface area contributed by atoms with Gasteiger partial charge in [-0.2, -0.15) is 5.10 Å². The number of imidazole rings is 1. The molecule has 0 unspecified atom stereocenters. The molecule has 7 heteroatoms. The molecule has 1 amide bonds. The SMILES string of the molecule is Cn1cccc1-c1cc(C(=O)N[C@@H](Cn2ccnc2)c2ccccc2)[nH]n1. The van der Waals surface area contributed by atoms with E-state index in [-0.39, 0.29) is 11.9 Å². The molecule has 0 aliphatic rings. The Balaban J connectivity index is 1.55. The van der Waals surface area contributed by atoms with Gasteiger partial charge < -0.3 is 14.5 Å². The van der Waals surface area contributed by atoms with Crippen LogP contribution in [0.1, 0.15) is 22.1 Å². The highest BCUT2D eigenvalue weighted by Gasteiger charge is 2.18. The standard InChI is InChI=1S/C20H20N6O/c1-25-10-5-8-19(25)16-12-17(24-23-16)20(27)22-18(13-26-11-9-21-14-26)15-6-3-2-4-7-15/h2-12,14,18H,13H2,1H3,(H,22,27)(H,23,24)/t18-/m0/s1. The van der Waals surface area contributed by atoms with Crippen LogP contribution in [0.3, 0.4) is 0 Å². The monoisotopic (exact) mass is 360 g/mol. The number of hydrogen-bond donors (Lipinski definition) is 2. The molecule has 7 nitrogen and oxygen atoms in total. The average Bonchev–Trinajstić information content (AvgIpc) is 3.43. The average molecular weight is 360 g/mol. The number of aromatic nitrogens is 5. The first kappa shape index (κ1) is 16.8. The topological polar surface area (TPSA) is 80.5 Å². The van der Waals surface area contributed by atoms with Gasteiger partial charge in [0.15, 0.2) is 0 Å². The summed E-state index contributed by atoms with van der Waals surface area (Å²) in [7, 11) is 1.94. The Labute approximate surface area is 156 Å². The normalized spacial score (nSPS) is 12.0. The third kappa shape index (κ3) is 3.67. The highest BCUT2D eigenvalue weighted by atomic mass is 16.2. The number of amides is 1. The molecular formula is C20H20N6O. The fourth-order valence-electron chi connectivity index (χ4n) is 3.06. The van der Waals surface area contributed by atoms with E-state index in [1.54, 1.807) is 18.6 Å². The molecule has 1 aromatic carbocycles. The van der Waals surface area contributed by atoms with Crippen LogP contribution in [-0.2, 0) is 13.6 Å². The number of nitrogens with zero attached hydrogens (tertiary/aromatic N) is 4. The van der Waals surface area contributed by atoms with Crippen LogP contribution < -0.4 is 5.32 Å². The number of hydrogen-bond acceptors (Lipinski definition) is 3. The van der Waals surface area contributed by atoms with E-state index in [0.717, 1.165) is 17.0 Å². The maximum Gasteiger partial charge on any atom is 0.269 e. The van der Waals surface area contributed by atoms with Crippen molar-refractivity contribution in [2.45, 2.75) is 12.6 Å². The largest absolute Gasteiger partial charge is 0.349 e. The molecule has 1 atom stereocenters. The van der Waals surface area contributed by atoms with Gasteiger partial charge in [-0.3, -0.25) is 9.89 Å². The van der Waals surface area contributed by atoms with Crippen molar-refractivity contribution in [1.82, 2.24) is 29.6 Å². The van der Waals surface area contributed by atoms with Gasteiger partial charge in [0.2, 0.25) is 0 Å². The molecule has 136 valence electrons. The molecule has 0 bridgehead atoms. The lowest BCUT2D eigenvalue weighted by molar-refractivity contribution is 0.0927. The molecule has 0 spiro atoms. The number of carbonyl (C=O) groups excluding carboxylic acids is 1. The minimum absolute atomic E-state index is 0.185. The number of aromatic amines is 1. The summed E-state index contributed by atoms with van der Waals surface area (Å²) in [4.78, 5) is 16.9. The minimum Gasteiger partial charge on any atom is -0.349 e. The van der Waals surface area contributed by atoms with Crippen LogP contribution >= 0.6 is 0 Å². The molecule has 3 aromatic heterocycles. The summed E-state index contributed by atoms with van der Waals surface area (Å²) in [6, 6.07) is 15.4. The highest BCUT2D eigenvalue weighted by molar-refractivity contribution is 5.93. The molecule has 0 fully saturated rings. The number of aryl methyl sites for hydroxylation is 1. The Morgan fingerprint density at radius 2 is 2.04 bits per heavy atom. The van der Waals surface area contributed by atoms with E-state index in [0.29, 0.717) is 12.2 Å². The van der Waals surface area contributed by atoms with Gasteiger partial charge in [0, 0.05) is 32.2 Å². The summed E-state index contributed by atoms with van der Waals surface area (Å²) >= 11 is 0. The fraction of sp³-hybridized carbons (Fsp3) is 0.150. The second kappa shape index (κ2) is 7.33. The zero-order valence-corrected chi connectivity index (χ0v) is 14.9. The van der Waals surface area contributed by atoms with Crippen molar-refractivity contribution in [2.24, 2.45) is 7.05 Å². The van der Waals surface area contributed by atoms with Crippen LogP contribution in [0.4, 0.5) is 0 Å². The summed E-state index contributed by atoms with van der Waals surface area (Å²) in [6.45, 7) is 0.592. The molecular weight excluding hydrogens is 340 g/mol. The summed E-state index contributed by atoms with van der Waals surface area (Å²) in [5.74, 6) is -0.197. The lowest BCUT2D eigenvalue weighted by Gasteiger charge is -2.19.